The maximum Gasteiger partial charge on any atom is 0.0274 e. The van der Waals surface area contributed by atoms with Gasteiger partial charge in [-0.25, -0.2) is 0 Å². The number of rotatable bonds is 3. The molecule has 0 amide bonds. The second-order valence-corrected chi connectivity index (χ2v) is 8.61. The molecule has 1 unspecified atom stereocenters. The Bertz CT molecular complexity index is 431. The van der Waals surface area contributed by atoms with Gasteiger partial charge in [-0.05, 0) is 62.2 Å². The predicted molar refractivity (Wildman–Crippen MR) is 89.0 cm³/mol. The number of nitrogens with zero attached hydrogens (tertiary/aromatic N) is 1. The fourth-order valence-electron chi connectivity index (χ4n) is 3.27. The molecule has 2 rings (SSSR count). The molecule has 1 fully saturated rings. The van der Waals surface area contributed by atoms with Crippen molar-refractivity contribution < 1.29 is 0 Å². The molecule has 1 aromatic rings. The Morgan fingerprint density at radius 2 is 2.05 bits per heavy atom. The highest BCUT2D eigenvalue weighted by Crippen LogP contribution is 2.34. The molecular weight excluding hydrogens is 264 g/mol. The third-order valence-corrected chi connectivity index (χ3v) is 5.83. The molecule has 0 bridgehead atoms. The summed E-state index contributed by atoms with van der Waals surface area (Å²) in [6, 6.07) is 2.31. The van der Waals surface area contributed by atoms with E-state index in [1.807, 2.05) is 11.3 Å². The van der Waals surface area contributed by atoms with Gasteiger partial charge in [-0.3, -0.25) is 4.90 Å². The van der Waals surface area contributed by atoms with Gasteiger partial charge in [0.05, 0.1) is 0 Å². The van der Waals surface area contributed by atoms with Crippen LogP contribution in [0.2, 0.25) is 0 Å². The number of nitrogens with two attached hydrogens (primary N) is 1. The molecule has 0 aromatic carbocycles. The fraction of sp³-hybridized carbons (Fsp3) is 0.765. The van der Waals surface area contributed by atoms with Crippen molar-refractivity contribution in [2.75, 3.05) is 13.1 Å². The summed E-state index contributed by atoms with van der Waals surface area (Å²) in [7, 11) is 0. The predicted octanol–water partition coefficient (Wildman–Crippen LogP) is 4.16. The Kier molecular flexibility index (Phi) is 5.27. The lowest BCUT2D eigenvalue weighted by Crippen LogP contribution is -2.26. The van der Waals surface area contributed by atoms with Gasteiger partial charge in [-0.15, -0.1) is 11.3 Å². The van der Waals surface area contributed by atoms with Crippen molar-refractivity contribution in [2.45, 2.75) is 60.0 Å². The van der Waals surface area contributed by atoms with Gasteiger partial charge in [0.15, 0.2) is 0 Å². The summed E-state index contributed by atoms with van der Waals surface area (Å²) in [6.45, 7) is 13.7. The zero-order valence-electron chi connectivity index (χ0n) is 13.5. The van der Waals surface area contributed by atoms with Gasteiger partial charge in [-0.1, -0.05) is 20.8 Å². The largest absolute Gasteiger partial charge is 0.326 e. The van der Waals surface area contributed by atoms with E-state index in [-0.39, 0.29) is 0 Å². The highest BCUT2D eigenvalue weighted by atomic mass is 32.1. The van der Waals surface area contributed by atoms with E-state index in [0.29, 0.717) is 12.0 Å². The smallest absolute Gasteiger partial charge is 0.0274 e. The molecule has 20 heavy (non-hydrogen) atoms. The lowest BCUT2D eigenvalue weighted by Gasteiger charge is -2.29. The summed E-state index contributed by atoms with van der Waals surface area (Å²) in [5, 5.41) is 0. The normalized spacial score (nSPS) is 21.9. The summed E-state index contributed by atoms with van der Waals surface area (Å²) in [6.07, 6.45) is 4.07. The average molecular weight is 295 g/mol. The third-order valence-electron chi connectivity index (χ3n) is 4.71. The van der Waals surface area contributed by atoms with Crippen molar-refractivity contribution in [3.05, 3.63) is 21.4 Å². The van der Waals surface area contributed by atoms with E-state index in [9.17, 15) is 0 Å². The van der Waals surface area contributed by atoms with Gasteiger partial charge in [0.1, 0.15) is 0 Å². The molecular formula is C17H30N2S. The minimum absolute atomic E-state index is 0.459. The van der Waals surface area contributed by atoms with Gasteiger partial charge in [-0.2, -0.15) is 0 Å². The molecule has 1 saturated heterocycles. The number of hydrogen-bond donors (Lipinski definition) is 1. The molecule has 1 aliphatic rings. The SMILES string of the molecule is Cc1sc(CN)cc1CN1CCCC(C(C)(C)C)CC1. The Morgan fingerprint density at radius 3 is 2.65 bits per heavy atom. The highest BCUT2D eigenvalue weighted by molar-refractivity contribution is 7.12. The van der Waals surface area contributed by atoms with Crippen molar-refractivity contribution in [1.82, 2.24) is 4.90 Å². The van der Waals surface area contributed by atoms with Crippen LogP contribution >= 0.6 is 11.3 Å². The molecule has 2 N–H and O–H groups in total. The van der Waals surface area contributed by atoms with Crippen LogP contribution in [-0.4, -0.2) is 18.0 Å². The molecule has 114 valence electrons. The van der Waals surface area contributed by atoms with Crippen molar-refractivity contribution in [2.24, 2.45) is 17.1 Å². The average Bonchev–Trinajstić information content (AvgIpc) is 2.59. The maximum atomic E-state index is 5.75. The van der Waals surface area contributed by atoms with Crippen molar-refractivity contribution in [1.29, 1.82) is 0 Å². The minimum atomic E-state index is 0.459. The Hall–Kier alpha value is -0.380. The van der Waals surface area contributed by atoms with E-state index in [1.165, 1.54) is 47.7 Å². The maximum absolute atomic E-state index is 5.75. The molecule has 0 spiro atoms. The first kappa shape index (κ1) is 16.0. The second-order valence-electron chi connectivity index (χ2n) is 7.27. The van der Waals surface area contributed by atoms with Crippen LogP contribution in [-0.2, 0) is 13.1 Å². The molecule has 2 nitrogen and oxygen atoms in total. The zero-order valence-corrected chi connectivity index (χ0v) is 14.4. The first-order chi connectivity index (χ1) is 9.40. The van der Waals surface area contributed by atoms with Crippen LogP contribution in [0.1, 0.15) is 55.4 Å². The van der Waals surface area contributed by atoms with Gasteiger partial charge < -0.3 is 5.73 Å². The Morgan fingerprint density at radius 1 is 1.30 bits per heavy atom. The van der Waals surface area contributed by atoms with E-state index >= 15 is 0 Å². The third kappa shape index (κ3) is 4.06. The van der Waals surface area contributed by atoms with Gasteiger partial charge in [0, 0.05) is 22.8 Å². The molecule has 0 aliphatic carbocycles. The van der Waals surface area contributed by atoms with E-state index in [0.717, 1.165) is 12.5 Å². The van der Waals surface area contributed by atoms with Crippen molar-refractivity contribution in [3.63, 3.8) is 0 Å². The van der Waals surface area contributed by atoms with Crippen LogP contribution in [0.5, 0.6) is 0 Å². The van der Waals surface area contributed by atoms with Crippen LogP contribution in [0.25, 0.3) is 0 Å². The van der Waals surface area contributed by atoms with Crippen LogP contribution < -0.4 is 5.73 Å². The zero-order chi connectivity index (χ0) is 14.8. The quantitative estimate of drug-likeness (QED) is 0.907. The second kappa shape index (κ2) is 6.59. The van der Waals surface area contributed by atoms with Crippen LogP contribution in [0, 0.1) is 18.3 Å². The van der Waals surface area contributed by atoms with Gasteiger partial charge in [0.2, 0.25) is 0 Å². The van der Waals surface area contributed by atoms with Crippen molar-refractivity contribution >= 4 is 11.3 Å². The first-order valence-electron chi connectivity index (χ1n) is 7.90. The number of aryl methyl sites for hydroxylation is 1. The van der Waals surface area contributed by atoms with Crippen molar-refractivity contribution in [3.8, 4) is 0 Å². The molecule has 0 saturated carbocycles. The van der Waals surface area contributed by atoms with Gasteiger partial charge >= 0.3 is 0 Å². The monoisotopic (exact) mass is 294 g/mol. The molecule has 2 heterocycles. The van der Waals surface area contributed by atoms with Crippen LogP contribution in [0.3, 0.4) is 0 Å². The number of likely N-dealkylation sites (tertiary alicyclic amines) is 1. The molecule has 3 heteroatoms. The summed E-state index contributed by atoms with van der Waals surface area (Å²) in [5.74, 6) is 0.871. The van der Waals surface area contributed by atoms with E-state index in [1.54, 1.807) is 0 Å². The lowest BCUT2D eigenvalue weighted by molar-refractivity contribution is 0.206. The van der Waals surface area contributed by atoms with E-state index < -0.39 is 0 Å². The minimum Gasteiger partial charge on any atom is -0.326 e. The first-order valence-corrected chi connectivity index (χ1v) is 8.72. The molecule has 1 aromatic heterocycles. The highest BCUT2D eigenvalue weighted by Gasteiger charge is 2.27. The molecule has 1 aliphatic heterocycles. The lowest BCUT2D eigenvalue weighted by atomic mass is 9.77. The Labute approximate surface area is 128 Å². The number of hydrogen-bond acceptors (Lipinski definition) is 3. The van der Waals surface area contributed by atoms with Gasteiger partial charge in [0.25, 0.3) is 0 Å². The topological polar surface area (TPSA) is 29.3 Å². The summed E-state index contributed by atoms with van der Waals surface area (Å²) in [5.41, 5.74) is 7.70. The molecule has 0 radical (unpaired) electrons. The Balaban J connectivity index is 1.95. The van der Waals surface area contributed by atoms with Crippen LogP contribution in [0.15, 0.2) is 6.07 Å². The molecule has 1 atom stereocenters. The van der Waals surface area contributed by atoms with Crippen LogP contribution in [0.4, 0.5) is 0 Å². The summed E-state index contributed by atoms with van der Waals surface area (Å²) >= 11 is 1.86. The summed E-state index contributed by atoms with van der Waals surface area (Å²) < 4.78 is 0. The standard InChI is InChI=1S/C17H30N2S/c1-13-14(10-16(11-18)20-13)12-19-8-5-6-15(7-9-19)17(2,3)4/h10,15H,5-9,11-12,18H2,1-4H3. The summed E-state index contributed by atoms with van der Waals surface area (Å²) in [4.78, 5) is 5.41. The fourth-order valence-corrected chi connectivity index (χ4v) is 4.20. The van der Waals surface area contributed by atoms with E-state index in [2.05, 4.69) is 38.7 Å². The van der Waals surface area contributed by atoms with E-state index in [4.69, 9.17) is 5.73 Å². The number of thiophene rings is 1.